The van der Waals surface area contributed by atoms with Crippen LogP contribution < -0.4 is 0 Å². The summed E-state index contributed by atoms with van der Waals surface area (Å²) in [7, 11) is 0. The van der Waals surface area contributed by atoms with Crippen molar-refractivity contribution in [2.75, 3.05) is 13.2 Å². The molecule has 23 heavy (non-hydrogen) atoms. The van der Waals surface area contributed by atoms with E-state index in [4.69, 9.17) is 14.6 Å². The molecule has 0 aromatic carbocycles. The van der Waals surface area contributed by atoms with Gasteiger partial charge in [-0.1, -0.05) is 0 Å². The fourth-order valence-corrected chi connectivity index (χ4v) is 4.06. The van der Waals surface area contributed by atoms with E-state index in [1.165, 1.54) is 0 Å². The van der Waals surface area contributed by atoms with E-state index in [0.29, 0.717) is 0 Å². The molecule has 0 radical (unpaired) electrons. The van der Waals surface area contributed by atoms with Gasteiger partial charge in [0.05, 0.1) is 30.7 Å². The minimum Gasteiger partial charge on any atom is -0.394 e. The van der Waals surface area contributed by atoms with Crippen molar-refractivity contribution >= 4 is 11.8 Å². The maximum Gasteiger partial charge on any atom is 0.183 e. The van der Waals surface area contributed by atoms with E-state index in [2.05, 4.69) is 0 Å². The maximum atomic E-state index is 10.0. The second-order valence-corrected chi connectivity index (χ2v) is 6.81. The van der Waals surface area contributed by atoms with Gasteiger partial charge >= 0.3 is 0 Å². The van der Waals surface area contributed by atoms with Gasteiger partial charge in [-0.3, -0.25) is 0 Å². The first-order valence-electron chi connectivity index (χ1n) is 7.08. The molecule has 2 aliphatic heterocycles. The number of hydrogen-bond acceptors (Lipinski definition) is 11. The lowest BCUT2D eigenvalue weighted by molar-refractivity contribution is -0.249. The zero-order valence-corrected chi connectivity index (χ0v) is 12.8. The predicted molar refractivity (Wildman–Crippen MR) is 75.1 cm³/mol. The zero-order chi connectivity index (χ0) is 17.3. The number of aliphatic hydroxyl groups excluding tert-OH is 8. The molecule has 2 rings (SSSR count). The number of thioether (sulfide) groups is 1. The molecule has 0 aromatic rings. The van der Waals surface area contributed by atoms with E-state index < -0.39 is 72.9 Å². The molecule has 0 aliphatic carbocycles. The Kier molecular flexibility index (Phi) is 6.61. The molecule has 10 atom stereocenters. The van der Waals surface area contributed by atoms with Crippen molar-refractivity contribution in [2.24, 2.45) is 0 Å². The second-order valence-electron chi connectivity index (χ2n) is 5.53. The van der Waals surface area contributed by atoms with Gasteiger partial charge in [0, 0.05) is 0 Å². The third-order valence-corrected chi connectivity index (χ3v) is 5.53. The number of hydrogen-bond donors (Lipinski definition) is 8. The number of ether oxygens (including phenoxy) is 2. The molecule has 2 aliphatic rings. The van der Waals surface area contributed by atoms with Gasteiger partial charge in [0.25, 0.3) is 0 Å². The standard InChI is InChI=1S/C12H22O10S/c13-1-3-5(15)6(16)9(19)12(22-3)23-10-4(2-14)21-11(20)8(18)7(10)17/h3-20H,1-2H2/t3-,4-,5-,6+,7-,8-,9-,10?,11-,12+/m1/s1. The molecular formula is C12H22O10S. The average Bonchev–Trinajstić information content (AvgIpc) is 2.55. The molecular weight excluding hydrogens is 336 g/mol. The summed E-state index contributed by atoms with van der Waals surface area (Å²) in [6.07, 6.45) is -11.6. The Morgan fingerprint density at radius 1 is 0.652 bits per heavy atom. The van der Waals surface area contributed by atoms with Crippen molar-refractivity contribution < 1.29 is 50.3 Å². The van der Waals surface area contributed by atoms with Gasteiger partial charge in [0.2, 0.25) is 0 Å². The summed E-state index contributed by atoms with van der Waals surface area (Å²) in [6, 6.07) is 0. The van der Waals surface area contributed by atoms with Crippen LogP contribution in [-0.4, -0.2) is 114 Å². The van der Waals surface area contributed by atoms with E-state index in [1.807, 2.05) is 0 Å². The quantitative estimate of drug-likeness (QED) is 0.242. The summed E-state index contributed by atoms with van der Waals surface area (Å²) >= 11 is 0.761. The molecule has 8 N–H and O–H groups in total. The predicted octanol–water partition coefficient (Wildman–Crippen LogP) is -4.68. The van der Waals surface area contributed by atoms with Crippen LogP contribution in [0.4, 0.5) is 0 Å². The van der Waals surface area contributed by atoms with Gasteiger partial charge in [-0.2, -0.15) is 0 Å². The Balaban J connectivity index is 2.11. The van der Waals surface area contributed by atoms with Gasteiger partial charge in [0.15, 0.2) is 6.29 Å². The minimum absolute atomic E-state index is 0.573. The topological polar surface area (TPSA) is 180 Å². The van der Waals surface area contributed by atoms with Crippen molar-refractivity contribution in [1.82, 2.24) is 0 Å². The molecule has 0 amide bonds. The van der Waals surface area contributed by atoms with Crippen LogP contribution in [0.3, 0.4) is 0 Å². The lowest BCUT2D eigenvalue weighted by Gasteiger charge is -2.44. The largest absolute Gasteiger partial charge is 0.394 e. The van der Waals surface area contributed by atoms with Gasteiger partial charge in [0.1, 0.15) is 36.0 Å². The highest BCUT2D eigenvalue weighted by molar-refractivity contribution is 8.00. The monoisotopic (exact) mass is 358 g/mol. The second kappa shape index (κ2) is 7.89. The summed E-state index contributed by atoms with van der Waals surface area (Å²) in [5, 5.41) is 76.0. The molecule has 0 spiro atoms. The fraction of sp³-hybridized carbons (Fsp3) is 1.00. The summed E-state index contributed by atoms with van der Waals surface area (Å²) in [4.78, 5) is 0. The average molecular weight is 358 g/mol. The van der Waals surface area contributed by atoms with Crippen LogP contribution in [0.2, 0.25) is 0 Å². The van der Waals surface area contributed by atoms with Crippen molar-refractivity contribution in [3.63, 3.8) is 0 Å². The first kappa shape index (κ1) is 19.3. The van der Waals surface area contributed by atoms with E-state index in [0.717, 1.165) is 11.8 Å². The Hall–Kier alpha value is -0.0500. The molecule has 10 nitrogen and oxygen atoms in total. The first-order valence-corrected chi connectivity index (χ1v) is 8.02. The molecule has 2 heterocycles. The fourth-order valence-electron chi connectivity index (χ4n) is 2.57. The molecule has 1 unspecified atom stereocenters. The molecule has 0 saturated carbocycles. The third-order valence-electron chi connectivity index (χ3n) is 3.98. The van der Waals surface area contributed by atoms with Crippen LogP contribution in [0.15, 0.2) is 0 Å². The highest BCUT2D eigenvalue weighted by Gasteiger charge is 2.49. The number of rotatable bonds is 4. The van der Waals surface area contributed by atoms with Crippen molar-refractivity contribution in [1.29, 1.82) is 0 Å². The molecule has 11 heteroatoms. The van der Waals surface area contributed by atoms with Crippen LogP contribution in [-0.2, 0) is 9.47 Å². The Morgan fingerprint density at radius 3 is 1.83 bits per heavy atom. The van der Waals surface area contributed by atoms with E-state index >= 15 is 0 Å². The van der Waals surface area contributed by atoms with Crippen LogP contribution in [0.25, 0.3) is 0 Å². The van der Waals surface area contributed by atoms with E-state index in [-0.39, 0.29) is 0 Å². The lowest BCUT2D eigenvalue weighted by atomic mass is 10.0. The van der Waals surface area contributed by atoms with Crippen LogP contribution in [0.5, 0.6) is 0 Å². The minimum atomic E-state index is -1.67. The SMILES string of the molecule is OC[C@H]1O[C@@H](O)[C@H](O)[C@@H](O)C1S[C@@H]1O[C@H](CO)[C@@H](O)[C@H](O)[C@H]1O. The Labute approximate surface area is 135 Å². The van der Waals surface area contributed by atoms with Crippen LogP contribution in [0.1, 0.15) is 0 Å². The van der Waals surface area contributed by atoms with Gasteiger partial charge in [-0.25, -0.2) is 0 Å². The zero-order valence-electron chi connectivity index (χ0n) is 12.0. The van der Waals surface area contributed by atoms with Gasteiger partial charge < -0.3 is 50.3 Å². The van der Waals surface area contributed by atoms with Gasteiger partial charge in [-0.05, 0) is 0 Å². The molecule has 2 fully saturated rings. The molecule has 2 saturated heterocycles. The van der Waals surface area contributed by atoms with Crippen molar-refractivity contribution in [3.05, 3.63) is 0 Å². The number of aliphatic hydroxyl groups is 8. The van der Waals surface area contributed by atoms with Crippen LogP contribution in [0, 0.1) is 0 Å². The molecule has 0 bridgehead atoms. The Bertz CT molecular complexity index is 383. The van der Waals surface area contributed by atoms with Crippen molar-refractivity contribution in [3.8, 4) is 0 Å². The van der Waals surface area contributed by atoms with Gasteiger partial charge in [-0.15, -0.1) is 11.8 Å². The highest BCUT2D eigenvalue weighted by Crippen LogP contribution is 2.37. The Morgan fingerprint density at radius 2 is 1.26 bits per heavy atom. The van der Waals surface area contributed by atoms with E-state index in [9.17, 15) is 35.7 Å². The maximum absolute atomic E-state index is 10.0. The van der Waals surface area contributed by atoms with Crippen LogP contribution >= 0.6 is 11.8 Å². The summed E-state index contributed by atoms with van der Waals surface area (Å²) in [5.74, 6) is 0. The summed E-state index contributed by atoms with van der Waals surface area (Å²) in [5.41, 5.74) is -1.16. The summed E-state index contributed by atoms with van der Waals surface area (Å²) in [6.45, 7) is -1.17. The summed E-state index contributed by atoms with van der Waals surface area (Å²) < 4.78 is 10.3. The lowest BCUT2D eigenvalue weighted by Crippen LogP contribution is -2.61. The van der Waals surface area contributed by atoms with Crippen molar-refractivity contribution in [2.45, 2.75) is 59.7 Å². The normalized spacial score (nSPS) is 51.7. The molecule has 136 valence electrons. The smallest absolute Gasteiger partial charge is 0.183 e. The highest BCUT2D eigenvalue weighted by atomic mass is 32.2. The molecule has 0 aromatic heterocycles. The first-order chi connectivity index (χ1) is 10.8. The van der Waals surface area contributed by atoms with E-state index in [1.54, 1.807) is 0 Å². The third kappa shape index (κ3) is 3.80.